The molecule has 5 nitrogen and oxygen atoms in total. The first kappa shape index (κ1) is 22.2. The van der Waals surface area contributed by atoms with Crippen LogP contribution >= 0.6 is 11.6 Å². The number of carboxylic acid groups (broad SMARTS) is 2. The van der Waals surface area contributed by atoms with E-state index in [1.807, 2.05) is 0 Å². The van der Waals surface area contributed by atoms with Crippen LogP contribution in [0.2, 0.25) is 5.02 Å². The first-order chi connectivity index (χ1) is 11.4. The Hall–Kier alpha value is -1.75. The van der Waals surface area contributed by atoms with Crippen LogP contribution in [0.15, 0.2) is 24.3 Å². The summed E-state index contributed by atoms with van der Waals surface area (Å²) in [7, 11) is 0. The number of ether oxygens (including phenoxy) is 1. The van der Waals surface area contributed by atoms with Crippen LogP contribution in [0.3, 0.4) is 0 Å². The molecule has 1 rings (SSSR count). The van der Waals surface area contributed by atoms with Crippen molar-refractivity contribution < 1.29 is 24.5 Å². The summed E-state index contributed by atoms with van der Waals surface area (Å²) in [6.45, 7) is 4.87. The van der Waals surface area contributed by atoms with Crippen molar-refractivity contribution in [2.45, 2.75) is 52.4 Å². The molecule has 0 bridgehead atoms. The third kappa shape index (κ3) is 10.9. The molecule has 0 aromatic heterocycles. The Morgan fingerprint density at radius 1 is 1.00 bits per heavy atom. The maximum Gasteiger partial charge on any atom is 0.317 e. The van der Waals surface area contributed by atoms with Gasteiger partial charge in [0, 0.05) is 5.02 Å². The lowest BCUT2D eigenvalue weighted by atomic mass is 10.0. The molecule has 0 aliphatic carbocycles. The van der Waals surface area contributed by atoms with Crippen molar-refractivity contribution in [3.8, 4) is 5.75 Å². The first-order valence-corrected chi connectivity index (χ1v) is 8.64. The number of hydrogen-bond donors (Lipinski definition) is 2. The molecule has 0 aliphatic heterocycles. The molecule has 0 aliphatic rings. The van der Waals surface area contributed by atoms with E-state index >= 15 is 0 Å². The number of rotatable bonds is 10. The molecular formula is C18H27ClO5. The largest absolute Gasteiger partial charge is 0.494 e. The van der Waals surface area contributed by atoms with Gasteiger partial charge in [0.05, 0.1) is 6.61 Å². The fourth-order valence-corrected chi connectivity index (χ4v) is 1.83. The van der Waals surface area contributed by atoms with E-state index < -0.39 is 17.9 Å². The molecule has 1 aromatic rings. The molecule has 0 heterocycles. The molecule has 0 saturated carbocycles. The predicted octanol–water partition coefficient (Wildman–Crippen LogP) is 4.87. The Balaban J connectivity index is 0.00000118. The molecule has 136 valence electrons. The van der Waals surface area contributed by atoms with Crippen LogP contribution in [0.4, 0.5) is 0 Å². The number of aliphatic carboxylic acids is 2. The van der Waals surface area contributed by atoms with E-state index in [2.05, 4.69) is 13.8 Å². The van der Waals surface area contributed by atoms with Crippen LogP contribution in [0, 0.1) is 5.92 Å². The summed E-state index contributed by atoms with van der Waals surface area (Å²) in [6.07, 6.45) is 4.80. The van der Waals surface area contributed by atoms with Gasteiger partial charge in [-0.1, -0.05) is 51.1 Å². The summed E-state index contributed by atoms with van der Waals surface area (Å²) in [5, 5.41) is 18.0. The summed E-state index contributed by atoms with van der Waals surface area (Å²) in [4.78, 5) is 21.3. The molecule has 0 spiro atoms. The van der Waals surface area contributed by atoms with Crippen LogP contribution in [0.1, 0.15) is 52.4 Å². The standard InChI is InChI=1S/C14H17ClO5.C4H10/c15-10-5-7-11(8-6-10)20-9-3-1-2-4-12(13(16)17)14(18)19;1-3-4-2/h5-8,12H,1-4,9H2,(H,16,17)(H,18,19);3-4H2,1-2H3. The Morgan fingerprint density at radius 2 is 1.54 bits per heavy atom. The number of halogens is 1. The summed E-state index contributed by atoms with van der Waals surface area (Å²) >= 11 is 5.74. The second-order valence-electron chi connectivity index (χ2n) is 5.38. The number of benzene rings is 1. The van der Waals surface area contributed by atoms with Gasteiger partial charge in [0.1, 0.15) is 5.75 Å². The van der Waals surface area contributed by atoms with Crippen molar-refractivity contribution in [1.29, 1.82) is 0 Å². The van der Waals surface area contributed by atoms with Crippen molar-refractivity contribution in [1.82, 2.24) is 0 Å². The fourth-order valence-electron chi connectivity index (χ4n) is 1.70. The van der Waals surface area contributed by atoms with Crippen molar-refractivity contribution in [3.05, 3.63) is 29.3 Å². The Labute approximate surface area is 148 Å². The van der Waals surface area contributed by atoms with Crippen LogP contribution in [-0.4, -0.2) is 28.8 Å². The van der Waals surface area contributed by atoms with Crippen LogP contribution in [0.25, 0.3) is 0 Å². The normalized spacial score (nSPS) is 10.0. The van der Waals surface area contributed by atoms with Crippen molar-refractivity contribution in [2.75, 3.05) is 6.61 Å². The van der Waals surface area contributed by atoms with Gasteiger partial charge in [-0.15, -0.1) is 0 Å². The Kier molecular flexibility index (Phi) is 12.7. The first-order valence-electron chi connectivity index (χ1n) is 8.26. The summed E-state index contributed by atoms with van der Waals surface area (Å²) in [5.41, 5.74) is 0. The molecule has 0 amide bonds. The Bertz CT molecular complexity index is 457. The van der Waals surface area contributed by atoms with E-state index in [1.165, 1.54) is 12.8 Å². The van der Waals surface area contributed by atoms with E-state index in [0.29, 0.717) is 18.1 Å². The van der Waals surface area contributed by atoms with Gasteiger partial charge >= 0.3 is 11.9 Å². The van der Waals surface area contributed by atoms with Crippen LogP contribution < -0.4 is 4.74 Å². The lowest BCUT2D eigenvalue weighted by molar-refractivity contribution is -0.154. The summed E-state index contributed by atoms with van der Waals surface area (Å²) in [5.74, 6) is -3.15. The monoisotopic (exact) mass is 358 g/mol. The SMILES string of the molecule is CCCC.O=C(O)C(CCCCCOc1ccc(Cl)cc1)C(=O)O. The second kappa shape index (κ2) is 13.7. The van der Waals surface area contributed by atoms with Gasteiger partial charge in [0.25, 0.3) is 0 Å². The van der Waals surface area contributed by atoms with E-state index in [-0.39, 0.29) is 6.42 Å². The molecule has 24 heavy (non-hydrogen) atoms. The molecule has 0 fully saturated rings. The van der Waals surface area contributed by atoms with Gasteiger partial charge in [-0.2, -0.15) is 0 Å². The Morgan fingerprint density at radius 3 is 2.00 bits per heavy atom. The third-order valence-corrected chi connectivity index (χ3v) is 3.57. The smallest absolute Gasteiger partial charge is 0.317 e. The lowest BCUT2D eigenvalue weighted by Crippen LogP contribution is -2.23. The van der Waals surface area contributed by atoms with Crippen molar-refractivity contribution in [2.24, 2.45) is 5.92 Å². The number of carboxylic acids is 2. The maximum absolute atomic E-state index is 10.7. The predicted molar refractivity (Wildman–Crippen MR) is 94.8 cm³/mol. The van der Waals surface area contributed by atoms with Crippen LogP contribution in [-0.2, 0) is 9.59 Å². The topological polar surface area (TPSA) is 83.8 Å². The number of unbranched alkanes of at least 4 members (excludes halogenated alkanes) is 3. The lowest BCUT2D eigenvalue weighted by Gasteiger charge is -2.08. The zero-order chi connectivity index (χ0) is 18.4. The van der Waals surface area contributed by atoms with E-state index in [0.717, 1.165) is 18.6 Å². The quantitative estimate of drug-likeness (QED) is 0.460. The van der Waals surface area contributed by atoms with Gasteiger partial charge in [-0.25, -0.2) is 0 Å². The fraction of sp³-hybridized carbons (Fsp3) is 0.556. The average molecular weight is 359 g/mol. The maximum atomic E-state index is 10.7. The second-order valence-corrected chi connectivity index (χ2v) is 5.82. The zero-order valence-corrected chi connectivity index (χ0v) is 15.1. The van der Waals surface area contributed by atoms with E-state index in [1.54, 1.807) is 24.3 Å². The van der Waals surface area contributed by atoms with Crippen molar-refractivity contribution >= 4 is 23.5 Å². The highest BCUT2D eigenvalue weighted by atomic mass is 35.5. The molecule has 2 N–H and O–H groups in total. The summed E-state index contributed by atoms with van der Waals surface area (Å²) < 4.78 is 5.47. The molecule has 0 saturated heterocycles. The van der Waals surface area contributed by atoms with Crippen LogP contribution in [0.5, 0.6) is 5.75 Å². The van der Waals surface area contributed by atoms with Gasteiger partial charge in [-0.05, 0) is 37.1 Å². The highest BCUT2D eigenvalue weighted by molar-refractivity contribution is 6.30. The minimum atomic E-state index is -1.31. The molecule has 0 radical (unpaired) electrons. The minimum absolute atomic E-state index is 0.144. The molecule has 6 heteroatoms. The van der Waals surface area contributed by atoms with Gasteiger partial charge in [0.2, 0.25) is 0 Å². The minimum Gasteiger partial charge on any atom is -0.494 e. The molecule has 1 aromatic carbocycles. The molecular weight excluding hydrogens is 332 g/mol. The highest BCUT2D eigenvalue weighted by Crippen LogP contribution is 2.16. The van der Waals surface area contributed by atoms with Gasteiger partial charge < -0.3 is 14.9 Å². The number of hydrogen-bond acceptors (Lipinski definition) is 3. The van der Waals surface area contributed by atoms with E-state index in [4.69, 9.17) is 26.6 Å². The van der Waals surface area contributed by atoms with Gasteiger partial charge in [0.15, 0.2) is 5.92 Å². The van der Waals surface area contributed by atoms with Gasteiger partial charge in [-0.3, -0.25) is 9.59 Å². The average Bonchev–Trinajstić information content (AvgIpc) is 2.55. The molecule has 0 atom stereocenters. The van der Waals surface area contributed by atoms with Crippen molar-refractivity contribution in [3.63, 3.8) is 0 Å². The molecule has 0 unspecified atom stereocenters. The number of carbonyl (C=O) groups is 2. The third-order valence-electron chi connectivity index (χ3n) is 3.32. The summed E-state index contributed by atoms with van der Waals surface area (Å²) in [6, 6.07) is 7.02. The zero-order valence-electron chi connectivity index (χ0n) is 14.3. The highest BCUT2D eigenvalue weighted by Gasteiger charge is 2.24. The van der Waals surface area contributed by atoms with E-state index in [9.17, 15) is 9.59 Å².